The number of aromatic hydroxyl groups is 1. The van der Waals surface area contributed by atoms with Crippen LogP contribution in [0.25, 0.3) is 0 Å². The van der Waals surface area contributed by atoms with E-state index < -0.39 is 0 Å². The molecular formula is C22H37N5O2. The summed E-state index contributed by atoms with van der Waals surface area (Å²) in [5, 5.41) is 19.2. The maximum Gasteiger partial charge on any atom is 0.234 e. The lowest BCUT2D eigenvalue weighted by molar-refractivity contribution is -0.122. The second kappa shape index (κ2) is 13.0. The Kier molecular flexibility index (Phi) is 10.3. The smallest absolute Gasteiger partial charge is 0.234 e. The Labute approximate surface area is 175 Å². The molecule has 0 spiro atoms. The minimum absolute atomic E-state index is 0.127. The Morgan fingerprint density at radius 2 is 1.90 bits per heavy atom. The van der Waals surface area contributed by atoms with Crippen molar-refractivity contribution in [1.29, 1.82) is 0 Å². The van der Waals surface area contributed by atoms with Crippen molar-refractivity contribution in [3.05, 3.63) is 29.8 Å². The topological polar surface area (TPSA) is 89.0 Å². The molecule has 1 aromatic carbocycles. The lowest BCUT2D eigenvalue weighted by atomic mass is 10.1. The van der Waals surface area contributed by atoms with Crippen molar-refractivity contribution in [3.8, 4) is 5.75 Å². The fourth-order valence-electron chi connectivity index (χ4n) is 3.41. The number of hydrogen-bond acceptors (Lipinski definition) is 4. The summed E-state index contributed by atoms with van der Waals surface area (Å²) in [4.78, 5) is 18.8. The summed E-state index contributed by atoms with van der Waals surface area (Å²) in [7, 11) is 0. The zero-order valence-electron chi connectivity index (χ0n) is 17.9. The van der Waals surface area contributed by atoms with Crippen LogP contribution in [0.4, 0.5) is 0 Å². The van der Waals surface area contributed by atoms with Gasteiger partial charge in [-0.1, -0.05) is 19.1 Å². The van der Waals surface area contributed by atoms with Crippen LogP contribution < -0.4 is 16.0 Å². The third kappa shape index (κ3) is 9.17. The second-order valence-electron chi connectivity index (χ2n) is 7.58. The number of piperidine rings is 1. The lowest BCUT2D eigenvalue weighted by Crippen LogP contribution is -2.50. The SMILES string of the molecule is CCCNC(=O)CN1CCC(NC(=NCCCc2ccc(O)cc2)NCC)CC1. The summed E-state index contributed by atoms with van der Waals surface area (Å²) < 4.78 is 0. The van der Waals surface area contributed by atoms with E-state index in [1.165, 1.54) is 5.56 Å². The Morgan fingerprint density at radius 1 is 1.17 bits per heavy atom. The van der Waals surface area contributed by atoms with Crippen molar-refractivity contribution >= 4 is 11.9 Å². The van der Waals surface area contributed by atoms with Gasteiger partial charge in [-0.25, -0.2) is 0 Å². The number of nitrogens with zero attached hydrogens (tertiary/aromatic N) is 2. The van der Waals surface area contributed by atoms with Gasteiger partial charge < -0.3 is 21.1 Å². The number of likely N-dealkylation sites (tertiary alicyclic amines) is 1. The molecule has 1 heterocycles. The summed E-state index contributed by atoms with van der Waals surface area (Å²) in [6, 6.07) is 7.76. The third-order valence-electron chi connectivity index (χ3n) is 5.04. The average Bonchev–Trinajstić information content (AvgIpc) is 2.72. The van der Waals surface area contributed by atoms with Crippen molar-refractivity contribution in [1.82, 2.24) is 20.9 Å². The van der Waals surface area contributed by atoms with Crippen LogP contribution in [-0.2, 0) is 11.2 Å². The van der Waals surface area contributed by atoms with Crippen molar-refractivity contribution in [2.75, 3.05) is 39.3 Å². The van der Waals surface area contributed by atoms with Crippen molar-refractivity contribution in [3.63, 3.8) is 0 Å². The van der Waals surface area contributed by atoms with Crippen LogP contribution in [0, 0.1) is 0 Å². The number of aliphatic imine (C=N–C) groups is 1. The maximum absolute atomic E-state index is 11.9. The van der Waals surface area contributed by atoms with Crippen LogP contribution in [0.5, 0.6) is 5.75 Å². The van der Waals surface area contributed by atoms with Crippen LogP contribution in [-0.4, -0.2) is 67.2 Å². The molecule has 4 N–H and O–H groups in total. The quantitative estimate of drug-likeness (QED) is 0.272. The van der Waals surface area contributed by atoms with Gasteiger partial charge in [0.15, 0.2) is 5.96 Å². The van der Waals surface area contributed by atoms with Crippen LogP contribution in [0.2, 0.25) is 0 Å². The molecule has 0 aliphatic carbocycles. The Morgan fingerprint density at radius 3 is 2.55 bits per heavy atom. The van der Waals surface area contributed by atoms with Gasteiger partial charge in [0.2, 0.25) is 5.91 Å². The van der Waals surface area contributed by atoms with E-state index in [-0.39, 0.29) is 5.91 Å². The van der Waals surface area contributed by atoms with Crippen LogP contribution in [0.15, 0.2) is 29.3 Å². The molecule has 0 radical (unpaired) electrons. The highest BCUT2D eigenvalue weighted by Crippen LogP contribution is 2.12. The van der Waals surface area contributed by atoms with Gasteiger partial charge in [-0.2, -0.15) is 0 Å². The maximum atomic E-state index is 11.9. The molecule has 1 fully saturated rings. The van der Waals surface area contributed by atoms with Gasteiger partial charge in [0.05, 0.1) is 6.54 Å². The molecule has 0 unspecified atom stereocenters. The van der Waals surface area contributed by atoms with Crippen molar-refractivity contribution in [2.45, 2.75) is 52.0 Å². The molecule has 1 aliphatic heterocycles. The number of phenols is 1. The summed E-state index contributed by atoms with van der Waals surface area (Å²) in [6.45, 7) is 8.84. The molecule has 1 saturated heterocycles. The summed E-state index contributed by atoms with van der Waals surface area (Å²) in [5.74, 6) is 1.30. The zero-order valence-corrected chi connectivity index (χ0v) is 17.9. The number of amides is 1. The number of benzene rings is 1. The van der Waals surface area contributed by atoms with Crippen LogP contribution in [0.1, 0.15) is 45.1 Å². The Balaban J connectivity index is 1.70. The number of phenolic OH excluding ortho intramolecular Hbond substituents is 1. The molecule has 1 aromatic rings. The molecule has 162 valence electrons. The number of nitrogens with one attached hydrogen (secondary N) is 3. The number of carbonyl (C=O) groups is 1. The molecule has 7 heteroatoms. The second-order valence-corrected chi connectivity index (χ2v) is 7.58. The minimum Gasteiger partial charge on any atom is -0.508 e. The van der Waals surface area contributed by atoms with E-state index in [2.05, 4.69) is 34.7 Å². The van der Waals surface area contributed by atoms with E-state index >= 15 is 0 Å². The number of guanidine groups is 1. The van der Waals surface area contributed by atoms with E-state index in [0.717, 1.165) is 70.8 Å². The first-order chi connectivity index (χ1) is 14.1. The minimum atomic E-state index is 0.127. The van der Waals surface area contributed by atoms with Crippen LogP contribution in [0.3, 0.4) is 0 Å². The van der Waals surface area contributed by atoms with E-state index in [1.807, 2.05) is 12.1 Å². The summed E-state index contributed by atoms with van der Waals surface area (Å²) >= 11 is 0. The van der Waals surface area contributed by atoms with Crippen molar-refractivity contribution < 1.29 is 9.90 Å². The van der Waals surface area contributed by atoms with Gasteiger partial charge in [0.25, 0.3) is 0 Å². The van der Waals surface area contributed by atoms with Crippen LogP contribution >= 0.6 is 0 Å². The first-order valence-electron chi connectivity index (χ1n) is 10.9. The molecule has 0 aromatic heterocycles. The fourth-order valence-corrected chi connectivity index (χ4v) is 3.41. The van der Waals surface area contributed by atoms with Gasteiger partial charge in [0.1, 0.15) is 5.75 Å². The number of carbonyl (C=O) groups excluding carboxylic acids is 1. The monoisotopic (exact) mass is 403 g/mol. The van der Waals surface area contributed by atoms with Gasteiger partial charge in [-0.3, -0.25) is 14.7 Å². The first kappa shape index (κ1) is 23.0. The third-order valence-corrected chi connectivity index (χ3v) is 5.04. The summed E-state index contributed by atoms with van der Waals surface area (Å²) in [5.41, 5.74) is 1.21. The normalized spacial score (nSPS) is 15.9. The lowest BCUT2D eigenvalue weighted by Gasteiger charge is -2.32. The molecule has 0 saturated carbocycles. The molecule has 7 nitrogen and oxygen atoms in total. The zero-order chi connectivity index (χ0) is 20.9. The van der Waals surface area contributed by atoms with Gasteiger partial charge >= 0.3 is 0 Å². The van der Waals surface area contributed by atoms with E-state index in [1.54, 1.807) is 12.1 Å². The predicted octanol–water partition coefficient (Wildman–Crippen LogP) is 1.87. The molecular weight excluding hydrogens is 366 g/mol. The molecule has 29 heavy (non-hydrogen) atoms. The molecule has 1 aliphatic rings. The van der Waals surface area contributed by atoms with Gasteiger partial charge in [-0.05, 0) is 56.7 Å². The average molecular weight is 404 g/mol. The number of aryl methyl sites for hydroxylation is 1. The number of hydrogen-bond donors (Lipinski definition) is 4. The highest BCUT2D eigenvalue weighted by molar-refractivity contribution is 5.80. The highest BCUT2D eigenvalue weighted by Gasteiger charge is 2.21. The first-order valence-corrected chi connectivity index (χ1v) is 10.9. The molecule has 0 bridgehead atoms. The number of rotatable bonds is 10. The Bertz CT molecular complexity index is 625. The fraction of sp³-hybridized carbons (Fsp3) is 0.636. The van der Waals surface area contributed by atoms with E-state index in [4.69, 9.17) is 4.99 Å². The Hall–Kier alpha value is -2.28. The van der Waals surface area contributed by atoms with Gasteiger partial charge in [-0.15, -0.1) is 0 Å². The predicted molar refractivity (Wildman–Crippen MR) is 118 cm³/mol. The summed E-state index contributed by atoms with van der Waals surface area (Å²) in [6.07, 6.45) is 4.91. The van der Waals surface area contributed by atoms with E-state index in [9.17, 15) is 9.90 Å². The van der Waals surface area contributed by atoms with Gasteiger partial charge in [0, 0.05) is 38.8 Å². The molecule has 1 amide bonds. The standard InChI is InChI=1S/C22H37N5O2/c1-3-13-24-21(29)17-27-15-11-19(12-16-27)26-22(23-4-2)25-14-5-6-18-7-9-20(28)10-8-18/h7-10,19,28H,3-6,11-17H2,1-2H3,(H,24,29)(H2,23,25,26). The van der Waals surface area contributed by atoms with E-state index in [0.29, 0.717) is 18.3 Å². The molecule has 2 rings (SSSR count). The largest absolute Gasteiger partial charge is 0.508 e. The van der Waals surface area contributed by atoms with Crippen molar-refractivity contribution in [2.24, 2.45) is 4.99 Å². The molecule has 0 atom stereocenters. The highest BCUT2D eigenvalue weighted by atomic mass is 16.3.